The summed E-state index contributed by atoms with van der Waals surface area (Å²) in [4.78, 5) is 41.4. The number of piperidine rings is 1. The van der Waals surface area contributed by atoms with E-state index in [0.717, 1.165) is 18.5 Å². The second kappa shape index (κ2) is 6.90. The van der Waals surface area contributed by atoms with E-state index in [9.17, 15) is 9.59 Å². The van der Waals surface area contributed by atoms with Gasteiger partial charge >= 0.3 is 0 Å². The third kappa shape index (κ3) is 3.50. The van der Waals surface area contributed by atoms with Crippen molar-refractivity contribution in [1.82, 2.24) is 24.8 Å². The van der Waals surface area contributed by atoms with Crippen LogP contribution in [0, 0.1) is 5.92 Å². The fraction of sp³-hybridized carbons (Fsp3) is 0.471. The second-order valence-electron chi connectivity index (χ2n) is 6.36. The summed E-state index contributed by atoms with van der Waals surface area (Å²) in [5.41, 5.74) is 1.11. The van der Waals surface area contributed by atoms with Gasteiger partial charge in [0.05, 0.1) is 11.9 Å². The van der Waals surface area contributed by atoms with Crippen molar-refractivity contribution in [2.75, 3.05) is 13.1 Å². The van der Waals surface area contributed by atoms with Crippen LogP contribution in [0.25, 0.3) is 11.5 Å². The molecule has 7 nitrogen and oxygen atoms in total. The van der Waals surface area contributed by atoms with Gasteiger partial charge in [0, 0.05) is 43.4 Å². The van der Waals surface area contributed by atoms with E-state index in [1.807, 2.05) is 18.7 Å². The molecule has 2 aromatic heterocycles. The normalized spacial score (nSPS) is 15.7. The van der Waals surface area contributed by atoms with Crippen LogP contribution >= 0.6 is 0 Å². The summed E-state index contributed by atoms with van der Waals surface area (Å²) in [5.74, 6) is 0.820. The van der Waals surface area contributed by atoms with Crippen molar-refractivity contribution in [2.24, 2.45) is 5.92 Å². The van der Waals surface area contributed by atoms with Crippen molar-refractivity contribution in [3.63, 3.8) is 0 Å². The highest BCUT2D eigenvalue weighted by atomic mass is 16.2. The number of carbonyl (C=O) groups excluding carboxylic acids is 1. The zero-order valence-electron chi connectivity index (χ0n) is 13.9. The Balaban J connectivity index is 1.78. The lowest BCUT2D eigenvalue weighted by Crippen LogP contribution is -2.40. The van der Waals surface area contributed by atoms with E-state index in [2.05, 4.69) is 19.9 Å². The first-order valence-corrected chi connectivity index (χ1v) is 8.21. The van der Waals surface area contributed by atoms with Crippen LogP contribution in [0.3, 0.4) is 0 Å². The molecule has 126 valence electrons. The van der Waals surface area contributed by atoms with E-state index in [0.29, 0.717) is 24.6 Å². The Labute approximate surface area is 140 Å². The smallest absolute Gasteiger partial charge is 0.251 e. The number of aromatic amines is 1. The molecule has 3 rings (SSSR count). The molecule has 0 aromatic carbocycles. The molecule has 0 saturated carbocycles. The second-order valence-corrected chi connectivity index (χ2v) is 6.36. The topological polar surface area (TPSA) is 91.8 Å². The molecule has 0 spiro atoms. The molecule has 24 heavy (non-hydrogen) atoms. The van der Waals surface area contributed by atoms with E-state index in [1.165, 1.54) is 0 Å². The fourth-order valence-corrected chi connectivity index (χ4v) is 2.99. The molecule has 0 atom stereocenters. The maximum Gasteiger partial charge on any atom is 0.251 e. The van der Waals surface area contributed by atoms with Crippen molar-refractivity contribution in [3.8, 4) is 11.5 Å². The molecule has 7 heteroatoms. The molecular formula is C17H21N5O2. The number of hydrogen-bond acceptors (Lipinski definition) is 5. The number of amides is 1. The van der Waals surface area contributed by atoms with Gasteiger partial charge in [0.2, 0.25) is 5.91 Å². The third-order valence-electron chi connectivity index (χ3n) is 4.29. The lowest BCUT2D eigenvalue weighted by molar-refractivity contribution is -0.135. The zero-order chi connectivity index (χ0) is 17.1. The maximum absolute atomic E-state index is 12.1. The number of nitrogens with one attached hydrogen (secondary N) is 1. The Morgan fingerprint density at radius 2 is 2.04 bits per heavy atom. The number of aromatic nitrogens is 4. The van der Waals surface area contributed by atoms with Crippen molar-refractivity contribution in [1.29, 1.82) is 0 Å². The van der Waals surface area contributed by atoms with Gasteiger partial charge in [0.15, 0.2) is 5.82 Å². The Morgan fingerprint density at radius 3 is 2.67 bits per heavy atom. The van der Waals surface area contributed by atoms with Crippen LogP contribution in [0.5, 0.6) is 0 Å². The van der Waals surface area contributed by atoms with Crippen molar-refractivity contribution < 1.29 is 4.79 Å². The standard InChI is InChI=1S/C17H21N5O2/c1-11(2)17(24)22-7-3-12(4-8-22)13-9-15(23)21-16(20-13)14-10-18-5-6-19-14/h5-6,9-12H,3-4,7-8H2,1-2H3,(H,20,21,23). The van der Waals surface area contributed by atoms with Crippen LogP contribution in [-0.2, 0) is 4.79 Å². The van der Waals surface area contributed by atoms with E-state index in [4.69, 9.17) is 0 Å². The molecule has 2 aromatic rings. The van der Waals surface area contributed by atoms with Gasteiger partial charge in [-0.3, -0.25) is 14.6 Å². The minimum Gasteiger partial charge on any atom is -0.342 e. The molecule has 0 aliphatic carbocycles. The van der Waals surface area contributed by atoms with Crippen LogP contribution in [-0.4, -0.2) is 43.8 Å². The number of carbonyl (C=O) groups is 1. The third-order valence-corrected chi connectivity index (χ3v) is 4.29. The van der Waals surface area contributed by atoms with Gasteiger partial charge in [-0.05, 0) is 12.8 Å². The minimum atomic E-state index is -0.193. The van der Waals surface area contributed by atoms with Gasteiger partial charge in [-0.2, -0.15) is 0 Å². The summed E-state index contributed by atoms with van der Waals surface area (Å²) in [6.07, 6.45) is 6.35. The number of nitrogens with zero attached hydrogens (tertiary/aromatic N) is 4. The summed E-state index contributed by atoms with van der Waals surface area (Å²) in [7, 11) is 0. The van der Waals surface area contributed by atoms with Gasteiger partial charge < -0.3 is 9.88 Å². The van der Waals surface area contributed by atoms with Gasteiger partial charge in [0.25, 0.3) is 5.56 Å². The molecule has 1 saturated heterocycles. The van der Waals surface area contributed by atoms with Crippen LogP contribution in [0.15, 0.2) is 29.5 Å². The lowest BCUT2D eigenvalue weighted by atomic mass is 9.92. The Bertz CT molecular complexity index is 764. The SMILES string of the molecule is CC(C)C(=O)N1CCC(c2cc(=O)[nH]c(-c3cnccn3)n2)CC1. The van der Waals surface area contributed by atoms with Gasteiger partial charge in [-0.1, -0.05) is 13.8 Å². The van der Waals surface area contributed by atoms with E-state index >= 15 is 0 Å². The summed E-state index contributed by atoms with van der Waals surface area (Å²) >= 11 is 0. The van der Waals surface area contributed by atoms with Gasteiger partial charge in [0.1, 0.15) is 5.69 Å². The fourth-order valence-electron chi connectivity index (χ4n) is 2.99. The molecule has 1 fully saturated rings. The van der Waals surface area contributed by atoms with Crippen LogP contribution in [0.2, 0.25) is 0 Å². The molecular weight excluding hydrogens is 306 g/mol. The molecule has 0 bridgehead atoms. The first kappa shape index (κ1) is 16.3. The highest BCUT2D eigenvalue weighted by Crippen LogP contribution is 2.27. The van der Waals surface area contributed by atoms with Crippen LogP contribution < -0.4 is 5.56 Å². The van der Waals surface area contributed by atoms with E-state index < -0.39 is 0 Å². The number of rotatable bonds is 3. The Kier molecular flexibility index (Phi) is 4.69. The molecule has 0 radical (unpaired) electrons. The number of likely N-dealkylation sites (tertiary alicyclic amines) is 1. The summed E-state index contributed by atoms with van der Waals surface area (Å²) in [6, 6.07) is 1.55. The molecule has 1 amide bonds. The minimum absolute atomic E-state index is 0.0162. The average molecular weight is 327 g/mol. The highest BCUT2D eigenvalue weighted by Gasteiger charge is 2.26. The Hall–Kier alpha value is -2.57. The highest BCUT2D eigenvalue weighted by molar-refractivity contribution is 5.78. The summed E-state index contributed by atoms with van der Waals surface area (Å²) in [6.45, 7) is 5.24. The molecule has 1 aliphatic heterocycles. The van der Waals surface area contributed by atoms with Crippen LogP contribution in [0.1, 0.15) is 38.3 Å². The van der Waals surface area contributed by atoms with Crippen molar-refractivity contribution in [2.45, 2.75) is 32.6 Å². The maximum atomic E-state index is 12.1. The Morgan fingerprint density at radius 1 is 1.29 bits per heavy atom. The summed E-state index contributed by atoms with van der Waals surface area (Å²) in [5, 5.41) is 0. The van der Waals surface area contributed by atoms with Crippen molar-refractivity contribution in [3.05, 3.63) is 40.7 Å². The molecule has 1 aliphatic rings. The molecule has 0 unspecified atom stereocenters. The predicted molar refractivity (Wildman–Crippen MR) is 89.3 cm³/mol. The average Bonchev–Trinajstić information content (AvgIpc) is 2.61. The monoisotopic (exact) mass is 327 g/mol. The van der Waals surface area contributed by atoms with Gasteiger partial charge in [-0.25, -0.2) is 9.97 Å². The lowest BCUT2D eigenvalue weighted by Gasteiger charge is -2.32. The summed E-state index contributed by atoms with van der Waals surface area (Å²) < 4.78 is 0. The van der Waals surface area contributed by atoms with E-state index in [-0.39, 0.29) is 23.3 Å². The number of H-pyrrole nitrogens is 1. The molecule has 1 N–H and O–H groups in total. The first-order chi connectivity index (χ1) is 11.5. The largest absolute Gasteiger partial charge is 0.342 e. The van der Waals surface area contributed by atoms with Crippen LogP contribution in [0.4, 0.5) is 0 Å². The molecule has 3 heterocycles. The van der Waals surface area contributed by atoms with E-state index in [1.54, 1.807) is 24.7 Å². The van der Waals surface area contributed by atoms with Crippen molar-refractivity contribution >= 4 is 5.91 Å². The first-order valence-electron chi connectivity index (χ1n) is 8.21. The predicted octanol–water partition coefficient (Wildman–Crippen LogP) is 1.59. The zero-order valence-corrected chi connectivity index (χ0v) is 13.9. The van der Waals surface area contributed by atoms with Gasteiger partial charge in [-0.15, -0.1) is 0 Å². The quantitative estimate of drug-likeness (QED) is 0.924. The number of hydrogen-bond donors (Lipinski definition) is 1.